The number of amides is 1. The number of nitrogens with two attached hydrogens (primary N) is 1. The first kappa shape index (κ1) is 15.9. The summed E-state index contributed by atoms with van der Waals surface area (Å²) < 4.78 is 0. The summed E-state index contributed by atoms with van der Waals surface area (Å²) in [7, 11) is 0. The van der Waals surface area contributed by atoms with Gasteiger partial charge < -0.3 is 10.6 Å². The minimum Gasteiger partial charge on any atom is -0.336 e. The van der Waals surface area contributed by atoms with Crippen LogP contribution in [0.4, 0.5) is 0 Å². The van der Waals surface area contributed by atoms with Gasteiger partial charge in [0.2, 0.25) is 0 Å². The van der Waals surface area contributed by atoms with Crippen molar-refractivity contribution in [1.82, 2.24) is 4.90 Å². The summed E-state index contributed by atoms with van der Waals surface area (Å²) in [6.45, 7) is 8.30. The van der Waals surface area contributed by atoms with Crippen LogP contribution in [0.1, 0.15) is 35.3 Å². The zero-order valence-corrected chi connectivity index (χ0v) is 13.7. The summed E-state index contributed by atoms with van der Waals surface area (Å²) in [5, 5.41) is 0.972. The van der Waals surface area contributed by atoms with E-state index in [0.29, 0.717) is 22.6 Å². The Morgan fingerprint density at radius 1 is 1.38 bits per heavy atom. The molecule has 1 aliphatic rings. The Morgan fingerprint density at radius 2 is 2.05 bits per heavy atom. The molecule has 21 heavy (non-hydrogen) atoms. The lowest BCUT2D eigenvalue weighted by atomic mass is 10.0. The molecule has 0 spiro atoms. The number of nitrogens with zero attached hydrogens (tertiary/aromatic N) is 1. The van der Waals surface area contributed by atoms with Gasteiger partial charge >= 0.3 is 0 Å². The maximum Gasteiger partial charge on any atom is 0.253 e. The van der Waals surface area contributed by atoms with E-state index in [0.717, 1.165) is 24.2 Å². The second kappa shape index (κ2) is 7.02. The van der Waals surface area contributed by atoms with Crippen LogP contribution in [0.15, 0.2) is 18.2 Å². The molecule has 0 aromatic heterocycles. The zero-order chi connectivity index (χ0) is 15.4. The van der Waals surface area contributed by atoms with E-state index in [4.69, 9.17) is 5.73 Å². The van der Waals surface area contributed by atoms with Crippen LogP contribution in [0.2, 0.25) is 0 Å². The van der Waals surface area contributed by atoms with Gasteiger partial charge in [0.05, 0.1) is 6.54 Å². The molecule has 1 amide bonds. The highest BCUT2D eigenvalue weighted by atomic mass is 32.2. The van der Waals surface area contributed by atoms with Crippen molar-refractivity contribution < 1.29 is 4.79 Å². The summed E-state index contributed by atoms with van der Waals surface area (Å²) in [5.74, 6) is 5.99. The molecule has 1 aliphatic heterocycles. The van der Waals surface area contributed by atoms with Crippen molar-refractivity contribution in [3.8, 4) is 11.8 Å². The van der Waals surface area contributed by atoms with Gasteiger partial charge in [-0.05, 0) is 24.6 Å². The van der Waals surface area contributed by atoms with E-state index in [1.54, 1.807) is 0 Å². The van der Waals surface area contributed by atoms with Gasteiger partial charge in [-0.2, -0.15) is 11.8 Å². The number of hydrogen-bond acceptors (Lipinski definition) is 3. The van der Waals surface area contributed by atoms with Crippen molar-refractivity contribution in [1.29, 1.82) is 0 Å². The number of carbonyl (C=O) groups excluding carboxylic acids is 1. The lowest BCUT2D eigenvalue weighted by Gasteiger charge is -2.34. The summed E-state index contributed by atoms with van der Waals surface area (Å²) in [6, 6.07) is 5.74. The highest BCUT2D eigenvalue weighted by molar-refractivity contribution is 8.00. The summed E-state index contributed by atoms with van der Waals surface area (Å²) >= 11 is 1.94. The minimum atomic E-state index is 0.102. The standard InChI is InChI=1S/C17H22N2OS/c1-12-6-7-16(9-15(12)5-4-8-18)17(20)19-10-13(2)21-14(3)11-19/h6-7,9,13-14H,8,10-11,18H2,1-3H3. The number of hydrogen-bond donors (Lipinski definition) is 1. The maximum atomic E-state index is 12.7. The highest BCUT2D eigenvalue weighted by Gasteiger charge is 2.26. The molecular formula is C17H22N2OS. The van der Waals surface area contributed by atoms with Crippen LogP contribution in [0, 0.1) is 18.8 Å². The van der Waals surface area contributed by atoms with Crippen molar-refractivity contribution in [3.63, 3.8) is 0 Å². The Morgan fingerprint density at radius 3 is 2.67 bits per heavy atom. The monoisotopic (exact) mass is 302 g/mol. The van der Waals surface area contributed by atoms with Crippen LogP contribution in [0.5, 0.6) is 0 Å². The second-order valence-electron chi connectivity index (χ2n) is 5.50. The van der Waals surface area contributed by atoms with E-state index >= 15 is 0 Å². The molecule has 0 aliphatic carbocycles. The summed E-state index contributed by atoms with van der Waals surface area (Å²) in [5.41, 5.74) is 8.10. The Labute approximate surface area is 131 Å². The first-order chi connectivity index (χ1) is 10.0. The first-order valence-electron chi connectivity index (χ1n) is 7.25. The average molecular weight is 302 g/mol. The quantitative estimate of drug-likeness (QED) is 0.810. The molecule has 1 aromatic carbocycles. The molecule has 2 unspecified atom stereocenters. The van der Waals surface area contributed by atoms with Crippen molar-refractivity contribution in [2.45, 2.75) is 31.3 Å². The molecular weight excluding hydrogens is 280 g/mol. The van der Waals surface area contributed by atoms with Gasteiger partial charge in [-0.1, -0.05) is 31.8 Å². The summed E-state index contributed by atoms with van der Waals surface area (Å²) in [4.78, 5) is 14.6. The van der Waals surface area contributed by atoms with Crippen molar-refractivity contribution >= 4 is 17.7 Å². The van der Waals surface area contributed by atoms with Crippen molar-refractivity contribution in [2.24, 2.45) is 5.73 Å². The van der Waals surface area contributed by atoms with E-state index in [9.17, 15) is 4.79 Å². The third kappa shape index (κ3) is 4.03. The van der Waals surface area contributed by atoms with Crippen LogP contribution in [-0.4, -0.2) is 40.9 Å². The average Bonchev–Trinajstić information content (AvgIpc) is 2.44. The number of aryl methyl sites for hydroxylation is 1. The van der Waals surface area contributed by atoms with Gasteiger partial charge in [-0.25, -0.2) is 0 Å². The first-order valence-corrected chi connectivity index (χ1v) is 8.20. The molecule has 112 valence electrons. The fraction of sp³-hybridized carbons (Fsp3) is 0.471. The van der Waals surface area contributed by atoms with E-state index in [1.807, 2.05) is 41.8 Å². The SMILES string of the molecule is Cc1ccc(C(=O)N2CC(C)SC(C)C2)cc1C#CCN. The molecule has 2 atom stereocenters. The third-order valence-electron chi connectivity index (χ3n) is 3.52. The molecule has 0 bridgehead atoms. The molecule has 3 nitrogen and oxygen atoms in total. The Balaban J connectivity index is 2.23. The number of carbonyl (C=O) groups is 1. The van der Waals surface area contributed by atoms with Crippen LogP contribution >= 0.6 is 11.8 Å². The lowest BCUT2D eigenvalue weighted by Crippen LogP contribution is -2.44. The molecule has 2 rings (SSSR count). The topological polar surface area (TPSA) is 46.3 Å². The van der Waals surface area contributed by atoms with Gasteiger partial charge in [-0.15, -0.1) is 0 Å². The van der Waals surface area contributed by atoms with E-state index in [2.05, 4.69) is 25.7 Å². The van der Waals surface area contributed by atoms with Gasteiger partial charge in [0, 0.05) is 34.7 Å². The normalized spacial score (nSPS) is 21.6. The Bertz CT molecular complexity index is 578. The number of benzene rings is 1. The largest absolute Gasteiger partial charge is 0.336 e. The predicted molar refractivity (Wildman–Crippen MR) is 89.5 cm³/mol. The van der Waals surface area contributed by atoms with E-state index < -0.39 is 0 Å². The van der Waals surface area contributed by atoms with Gasteiger partial charge in [-0.3, -0.25) is 4.79 Å². The molecule has 4 heteroatoms. The lowest BCUT2D eigenvalue weighted by molar-refractivity contribution is 0.0753. The van der Waals surface area contributed by atoms with Crippen LogP contribution in [-0.2, 0) is 0 Å². The smallest absolute Gasteiger partial charge is 0.253 e. The van der Waals surface area contributed by atoms with Crippen LogP contribution in [0.25, 0.3) is 0 Å². The molecule has 2 N–H and O–H groups in total. The van der Waals surface area contributed by atoms with Crippen molar-refractivity contribution in [3.05, 3.63) is 34.9 Å². The van der Waals surface area contributed by atoms with Gasteiger partial charge in [0.1, 0.15) is 0 Å². The van der Waals surface area contributed by atoms with Gasteiger partial charge in [0.15, 0.2) is 0 Å². The highest BCUT2D eigenvalue weighted by Crippen LogP contribution is 2.26. The number of rotatable bonds is 1. The predicted octanol–water partition coefficient (Wildman–Crippen LogP) is 2.27. The fourth-order valence-corrected chi connectivity index (χ4v) is 3.89. The molecule has 0 radical (unpaired) electrons. The van der Waals surface area contributed by atoms with E-state index in [-0.39, 0.29) is 5.91 Å². The molecule has 1 heterocycles. The van der Waals surface area contributed by atoms with Crippen molar-refractivity contribution in [2.75, 3.05) is 19.6 Å². The van der Waals surface area contributed by atoms with Gasteiger partial charge in [0.25, 0.3) is 5.91 Å². The zero-order valence-electron chi connectivity index (χ0n) is 12.8. The van der Waals surface area contributed by atoms with Crippen LogP contribution < -0.4 is 5.73 Å². The molecule has 1 saturated heterocycles. The third-order valence-corrected chi connectivity index (χ3v) is 4.74. The number of thioether (sulfide) groups is 1. The summed E-state index contributed by atoms with van der Waals surface area (Å²) in [6.07, 6.45) is 0. The second-order valence-corrected chi connectivity index (χ2v) is 7.38. The fourth-order valence-electron chi connectivity index (χ4n) is 2.56. The minimum absolute atomic E-state index is 0.102. The molecule has 0 saturated carbocycles. The van der Waals surface area contributed by atoms with Crippen LogP contribution in [0.3, 0.4) is 0 Å². The maximum absolute atomic E-state index is 12.7. The Hall–Kier alpha value is -1.44. The Kier molecular flexibility index (Phi) is 5.33. The molecule has 1 fully saturated rings. The molecule has 1 aromatic rings. The van der Waals surface area contributed by atoms with E-state index in [1.165, 1.54) is 0 Å².